The maximum Gasteiger partial charge on any atom is 0.163 e. The molecule has 1 unspecified atom stereocenters. The third-order valence-corrected chi connectivity index (χ3v) is 4.02. The van der Waals surface area contributed by atoms with Crippen molar-refractivity contribution in [3.63, 3.8) is 0 Å². The van der Waals surface area contributed by atoms with Crippen LogP contribution in [0.15, 0.2) is 42.5 Å². The number of ether oxygens (including phenoxy) is 2. The van der Waals surface area contributed by atoms with E-state index in [0.717, 1.165) is 30.0 Å². The maximum atomic E-state index is 5.63. The lowest BCUT2D eigenvalue weighted by atomic mass is 10.1. The molecule has 1 aliphatic heterocycles. The van der Waals surface area contributed by atoms with Gasteiger partial charge >= 0.3 is 0 Å². The number of fused-ring (bicyclic) bond motifs is 2. The SMILES string of the molecule is c1ccc2c(c1)CCC2Nc1ccc2c(c1)OCCO2. The standard InChI is InChI=1S/C17H17NO2/c1-2-4-14-12(3-1)5-7-15(14)18-13-6-8-16-17(11-13)20-10-9-19-16/h1-4,6,8,11,15,18H,5,7,9-10H2. The number of hydrogen-bond acceptors (Lipinski definition) is 3. The van der Waals surface area contributed by atoms with Gasteiger partial charge in [0.1, 0.15) is 13.2 Å². The summed E-state index contributed by atoms with van der Waals surface area (Å²) in [4.78, 5) is 0. The molecule has 4 rings (SSSR count). The molecule has 2 aliphatic rings. The highest BCUT2D eigenvalue weighted by Crippen LogP contribution is 2.37. The van der Waals surface area contributed by atoms with Crippen LogP contribution in [-0.4, -0.2) is 13.2 Å². The van der Waals surface area contributed by atoms with E-state index >= 15 is 0 Å². The van der Waals surface area contributed by atoms with E-state index in [-0.39, 0.29) is 0 Å². The summed E-state index contributed by atoms with van der Waals surface area (Å²) in [7, 11) is 0. The Kier molecular flexibility index (Phi) is 2.76. The number of rotatable bonds is 2. The largest absolute Gasteiger partial charge is 0.486 e. The first-order valence-electron chi connectivity index (χ1n) is 7.14. The molecule has 1 aliphatic carbocycles. The Morgan fingerprint density at radius 2 is 1.80 bits per heavy atom. The lowest BCUT2D eigenvalue weighted by Gasteiger charge is -2.21. The topological polar surface area (TPSA) is 30.5 Å². The molecular formula is C17H17NO2. The van der Waals surface area contributed by atoms with Crippen molar-refractivity contribution in [2.24, 2.45) is 0 Å². The first kappa shape index (κ1) is 11.6. The summed E-state index contributed by atoms with van der Waals surface area (Å²) in [5, 5.41) is 3.61. The highest BCUT2D eigenvalue weighted by molar-refractivity contribution is 5.57. The van der Waals surface area contributed by atoms with Gasteiger partial charge in [-0.25, -0.2) is 0 Å². The molecule has 2 aromatic carbocycles. The first-order chi connectivity index (χ1) is 9.90. The normalized spacial score (nSPS) is 19.5. The van der Waals surface area contributed by atoms with Crippen LogP contribution in [-0.2, 0) is 6.42 Å². The van der Waals surface area contributed by atoms with E-state index < -0.39 is 0 Å². The van der Waals surface area contributed by atoms with Crippen molar-refractivity contribution in [1.29, 1.82) is 0 Å². The summed E-state index contributed by atoms with van der Waals surface area (Å²) >= 11 is 0. The summed E-state index contributed by atoms with van der Waals surface area (Å²) in [5.41, 5.74) is 3.97. The second-order valence-corrected chi connectivity index (χ2v) is 5.29. The van der Waals surface area contributed by atoms with E-state index in [1.807, 2.05) is 12.1 Å². The van der Waals surface area contributed by atoms with E-state index in [0.29, 0.717) is 19.3 Å². The van der Waals surface area contributed by atoms with E-state index in [2.05, 4.69) is 35.6 Å². The molecule has 1 heterocycles. The average Bonchev–Trinajstić information content (AvgIpc) is 2.91. The molecule has 0 bridgehead atoms. The molecule has 1 atom stereocenters. The molecule has 0 aromatic heterocycles. The predicted molar refractivity (Wildman–Crippen MR) is 78.6 cm³/mol. The molecule has 0 fully saturated rings. The van der Waals surface area contributed by atoms with E-state index in [1.54, 1.807) is 0 Å². The van der Waals surface area contributed by atoms with Crippen LogP contribution >= 0.6 is 0 Å². The molecule has 0 saturated heterocycles. The average molecular weight is 267 g/mol. The highest BCUT2D eigenvalue weighted by Gasteiger charge is 2.22. The van der Waals surface area contributed by atoms with Crippen LogP contribution in [0.4, 0.5) is 5.69 Å². The third kappa shape index (κ3) is 1.99. The number of hydrogen-bond donors (Lipinski definition) is 1. The van der Waals surface area contributed by atoms with Crippen molar-refractivity contribution in [2.75, 3.05) is 18.5 Å². The van der Waals surface area contributed by atoms with Crippen LogP contribution in [0.1, 0.15) is 23.6 Å². The van der Waals surface area contributed by atoms with Crippen molar-refractivity contribution >= 4 is 5.69 Å². The Morgan fingerprint density at radius 3 is 2.75 bits per heavy atom. The van der Waals surface area contributed by atoms with Crippen LogP contribution in [0.3, 0.4) is 0 Å². The number of aryl methyl sites for hydroxylation is 1. The van der Waals surface area contributed by atoms with Crippen molar-refractivity contribution in [3.05, 3.63) is 53.6 Å². The van der Waals surface area contributed by atoms with E-state index in [4.69, 9.17) is 9.47 Å². The summed E-state index contributed by atoms with van der Waals surface area (Å²) in [6, 6.07) is 15.2. The Bertz CT molecular complexity index is 639. The Balaban J connectivity index is 1.58. The summed E-state index contributed by atoms with van der Waals surface area (Å²) < 4.78 is 11.2. The van der Waals surface area contributed by atoms with Crippen molar-refractivity contribution in [1.82, 2.24) is 0 Å². The van der Waals surface area contributed by atoms with Crippen LogP contribution in [0.2, 0.25) is 0 Å². The molecule has 0 amide bonds. The molecule has 20 heavy (non-hydrogen) atoms. The smallest absolute Gasteiger partial charge is 0.163 e. The van der Waals surface area contributed by atoms with Gasteiger partial charge in [-0.05, 0) is 36.1 Å². The van der Waals surface area contributed by atoms with Gasteiger partial charge in [-0.1, -0.05) is 24.3 Å². The van der Waals surface area contributed by atoms with E-state index in [9.17, 15) is 0 Å². The Hall–Kier alpha value is -2.16. The lowest BCUT2D eigenvalue weighted by Crippen LogP contribution is -2.15. The molecule has 3 nitrogen and oxygen atoms in total. The third-order valence-electron chi connectivity index (χ3n) is 4.02. The quantitative estimate of drug-likeness (QED) is 0.902. The van der Waals surface area contributed by atoms with Gasteiger partial charge in [0.15, 0.2) is 11.5 Å². The minimum absolute atomic E-state index is 0.397. The molecule has 0 spiro atoms. The molecule has 0 saturated carbocycles. The van der Waals surface area contributed by atoms with Gasteiger partial charge in [-0.2, -0.15) is 0 Å². The van der Waals surface area contributed by atoms with Gasteiger partial charge in [0.05, 0.1) is 6.04 Å². The van der Waals surface area contributed by atoms with Crippen LogP contribution < -0.4 is 14.8 Å². The lowest BCUT2D eigenvalue weighted by molar-refractivity contribution is 0.171. The maximum absolute atomic E-state index is 5.63. The molecule has 102 valence electrons. The van der Waals surface area contributed by atoms with Crippen LogP contribution in [0, 0.1) is 0 Å². The molecular weight excluding hydrogens is 250 g/mol. The highest BCUT2D eigenvalue weighted by atomic mass is 16.6. The molecule has 0 radical (unpaired) electrons. The number of benzene rings is 2. The fourth-order valence-corrected chi connectivity index (χ4v) is 3.04. The molecule has 2 aromatic rings. The van der Waals surface area contributed by atoms with Gasteiger partial charge in [0.25, 0.3) is 0 Å². The second-order valence-electron chi connectivity index (χ2n) is 5.29. The van der Waals surface area contributed by atoms with Gasteiger partial charge in [0.2, 0.25) is 0 Å². The fourth-order valence-electron chi connectivity index (χ4n) is 3.04. The van der Waals surface area contributed by atoms with Crippen LogP contribution in [0.25, 0.3) is 0 Å². The van der Waals surface area contributed by atoms with Crippen molar-refractivity contribution in [2.45, 2.75) is 18.9 Å². The number of nitrogens with one attached hydrogen (secondary N) is 1. The van der Waals surface area contributed by atoms with Gasteiger partial charge in [0, 0.05) is 11.8 Å². The summed E-state index contributed by atoms with van der Waals surface area (Å²) in [5.74, 6) is 1.68. The number of anilines is 1. The summed E-state index contributed by atoms with van der Waals surface area (Å²) in [6.07, 6.45) is 2.30. The molecule has 3 heteroatoms. The molecule has 1 N–H and O–H groups in total. The second kappa shape index (κ2) is 4.75. The van der Waals surface area contributed by atoms with Crippen molar-refractivity contribution < 1.29 is 9.47 Å². The zero-order chi connectivity index (χ0) is 13.4. The Labute approximate surface area is 118 Å². The monoisotopic (exact) mass is 267 g/mol. The predicted octanol–water partition coefficient (Wildman–Crippen LogP) is 3.56. The van der Waals surface area contributed by atoms with Gasteiger partial charge in [-0.3, -0.25) is 0 Å². The Morgan fingerprint density at radius 1 is 0.950 bits per heavy atom. The van der Waals surface area contributed by atoms with Gasteiger partial charge < -0.3 is 14.8 Å². The zero-order valence-electron chi connectivity index (χ0n) is 11.3. The summed E-state index contributed by atoms with van der Waals surface area (Å²) in [6.45, 7) is 1.26. The zero-order valence-corrected chi connectivity index (χ0v) is 11.3. The van der Waals surface area contributed by atoms with E-state index in [1.165, 1.54) is 11.1 Å². The van der Waals surface area contributed by atoms with Gasteiger partial charge in [-0.15, -0.1) is 0 Å². The first-order valence-corrected chi connectivity index (χ1v) is 7.14. The minimum Gasteiger partial charge on any atom is -0.486 e. The van der Waals surface area contributed by atoms with Crippen molar-refractivity contribution in [3.8, 4) is 11.5 Å². The van der Waals surface area contributed by atoms with Crippen LogP contribution in [0.5, 0.6) is 11.5 Å². The minimum atomic E-state index is 0.397. The fraction of sp³-hybridized carbons (Fsp3) is 0.294.